The quantitative estimate of drug-likeness (QED) is 0.0673. The van der Waals surface area contributed by atoms with Crippen molar-refractivity contribution in [1.82, 2.24) is 39.5 Å². The number of amides is 3. The van der Waals surface area contributed by atoms with Gasteiger partial charge < -0.3 is 34.8 Å². The number of hydrogen-bond acceptors (Lipinski definition) is 19. The van der Waals surface area contributed by atoms with Crippen LogP contribution in [0.5, 0.6) is 5.88 Å². The lowest BCUT2D eigenvalue weighted by atomic mass is 9.81. The van der Waals surface area contributed by atoms with Crippen LogP contribution in [0.3, 0.4) is 0 Å². The predicted octanol–water partition coefficient (Wildman–Crippen LogP) is 16.7. The predicted molar refractivity (Wildman–Crippen MR) is 450 cm³/mol. The number of nitrogens with zero attached hydrogens (tertiary/aromatic N) is 11. The highest BCUT2D eigenvalue weighted by molar-refractivity contribution is 7.91. The Morgan fingerprint density at radius 3 is 1.14 bits per heavy atom. The Hall–Kier alpha value is -8.14. The van der Waals surface area contributed by atoms with Crippen molar-refractivity contribution in [1.29, 1.82) is 0 Å². The Kier molecular flexibility index (Phi) is 29.9. The van der Waals surface area contributed by atoms with E-state index in [-0.39, 0.29) is 101 Å². The molecule has 0 spiro atoms. The zero-order chi connectivity index (χ0) is 83.6. The topological polar surface area (TPSA) is 320 Å². The second-order valence-electron chi connectivity index (χ2n) is 35.5. The molecule has 6 fully saturated rings. The van der Waals surface area contributed by atoms with E-state index in [1.165, 1.54) is 17.3 Å². The van der Waals surface area contributed by atoms with Crippen molar-refractivity contribution < 1.29 is 61.5 Å². The second-order valence-corrected chi connectivity index (χ2v) is 42.4. The fraction of sp³-hybridized carbons (Fsp3) is 0.628. The first kappa shape index (κ1) is 89.2. The van der Waals surface area contributed by atoms with E-state index in [9.17, 15) is 56.7 Å². The molecule has 6 aliphatic rings. The molecule has 6 heterocycles. The summed E-state index contributed by atoms with van der Waals surface area (Å²) in [7, 11) is -1.66. The standard InChI is InChI=1S/C30H39N3O4S.C28H38N4O5S2.C28H38N4O4S2/c1-19-6-8-21(9-7-19)28(34)33(25-16-24(14-15-30(3,4)5)38-27(25)29(35)36)22-10-12-23(13-11-22)37-26-18-31-20(2)17-32-26;1-18-6-8-19(9-7-18)25(33)32(23-16-21(14-15-28(2,3)4)38-24(23)26(34)35)20-10-12-22(13-11-20)39(36,37)27-29-17-30-31(27)5;1-18-6-8-19(9-7-18)25(33)32(23-16-21(14-15-28(2,3)4)37-24(23)26(34)35)20-10-12-22(13-11-20)38(36)27-29-17-30-31(27)5/h16-19,21-23H,6-13H2,1-5H3,(H,35,36);16-20,22H,6-13H2,1-5H3,(H,34,35);16-20,22H,6-13H2,1-5H3,(H,34,35). The van der Waals surface area contributed by atoms with Crippen LogP contribution < -0.4 is 19.4 Å². The molecule has 115 heavy (non-hydrogen) atoms. The van der Waals surface area contributed by atoms with E-state index in [1.807, 2.05) is 80.2 Å². The Balaban J connectivity index is 0.000000182. The summed E-state index contributed by atoms with van der Waals surface area (Å²) in [5.74, 6) is 17.8. The van der Waals surface area contributed by atoms with E-state index in [2.05, 4.69) is 86.4 Å². The van der Waals surface area contributed by atoms with E-state index < -0.39 is 43.8 Å². The summed E-state index contributed by atoms with van der Waals surface area (Å²) in [5, 5.41) is 38.0. The molecule has 0 radical (unpaired) electrons. The third-order valence-corrected chi connectivity index (χ3v) is 29.7. The van der Waals surface area contributed by atoms with Crippen LogP contribution in [0.25, 0.3) is 0 Å². The molecule has 29 heteroatoms. The number of ether oxygens (including phenoxy) is 1. The monoisotopic (exact) mass is 1670 g/mol. The summed E-state index contributed by atoms with van der Waals surface area (Å²) in [6.07, 6.45) is 24.1. The zero-order valence-electron chi connectivity index (χ0n) is 69.3. The van der Waals surface area contributed by atoms with Crippen molar-refractivity contribution >= 4 is 107 Å². The van der Waals surface area contributed by atoms with Crippen LogP contribution in [0.4, 0.5) is 17.1 Å². The van der Waals surface area contributed by atoms with Gasteiger partial charge in [-0.15, -0.1) is 34.0 Å². The maximum absolute atomic E-state index is 14.1. The molecule has 3 amide bonds. The van der Waals surface area contributed by atoms with Gasteiger partial charge in [-0.25, -0.2) is 47.1 Å². The number of rotatable bonds is 18. The third-order valence-electron chi connectivity index (χ3n) is 22.6. The van der Waals surface area contributed by atoms with Gasteiger partial charge >= 0.3 is 17.9 Å². The van der Waals surface area contributed by atoms with Gasteiger partial charge in [0, 0.05) is 71.5 Å². The lowest BCUT2D eigenvalue weighted by Crippen LogP contribution is -2.47. The van der Waals surface area contributed by atoms with Crippen LogP contribution in [0, 0.1) is 94.2 Å². The van der Waals surface area contributed by atoms with Crippen molar-refractivity contribution in [3.63, 3.8) is 0 Å². The van der Waals surface area contributed by atoms with E-state index in [1.54, 1.807) is 53.1 Å². The number of aryl methyl sites for hydroxylation is 3. The van der Waals surface area contributed by atoms with E-state index >= 15 is 0 Å². The largest absolute Gasteiger partial charge is 0.477 e. The van der Waals surface area contributed by atoms with Crippen LogP contribution in [-0.4, -0.2) is 138 Å². The van der Waals surface area contributed by atoms with Crippen LogP contribution in [0.1, 0.15) is 287 Å². The molecule has 0 bridgehead atoms. The SMILES string of the molecule is CC1CCC(C(=O)N(c2cc(C#CC(C)(C)C)sc2C(=O)O)C2CCC(S(=O)(=O)c3ncnn3C)CC2)CC1.CC1CCC(C(=O)N(c2cc(C#CC(C)(C)C)sc2C(=O)O)C2CCC(S(=O)c3ncnn3C)CC2)CC1.Cc1cnc(OC2CCC(N(C(=O)C3CCC(C)CC3)c3cc(C#CC(C)(C)C)sc3C(=O)O)CC2)cn1. The molecule has 3 N–H and O–H groups in total. The number of carbonyl (C=O) groups is 6. The number of carboxylic acids is 3. The van der Waals surface area contributed by atoms with Gasteiger partial charge in [0.25, 0.3) is 0 Å². The van der Waals surface area contributed by atoms with E-state index in [4.69, 9.17) is 4.74 Å². The Morgan fingerprint density at radius 2 is 0.826 bits per heavy atom. The van der Waals surface area contributed by atoms with Gasteiger partial charge in [0.2, 0.25) is 43.8 Å². The number of aromatic nitrogens is 8. The summed E-state index contributed by atoms with van der Waals surface area (Å²) >= 11 is 3.39. The molecule has 0 aromatic carbocycles. The molecule has 1 atom stereocenters. The summed E-state index contributed by atoms with van der Waals surface area (Å²) in [5.41, 5.74) is 1.49. The molecule has 24 nitrogen and oxygen atoms in total. The summed E-state index contributed by atoms with van der Waals surface area (Å²) in [6, 6.07) is 4.82. The van der Waals surface area contributed by atoms with Crippen molar-refractivity contribution in [2.45, 2.75) is 289 Å². The van der Waals surface area contributed by atoms with Crippen LogP contribution >= 0.6 is 34.0 Å². The van der Waals surface area contributed by atoms with Gasteiger partial charge in [-0.2, -0.15) is 10.2 Å². The minimum absolute atomic E-state index is 0.00892. The Labute approximate surface area is 693 Å². The molecule has 6 aromatic rings. The molecule has 1 unspecified atom stereocenters. The molecule has 6 aromatic heterocycles. The Morgan fingerprint density at radius 1 is 0.478 bits per heavy atom. The molecule has 6 saturated carbocycles. The average Bonchev–Trinajstić information content (AvgIpc) is 1.70. The fourth-order valence-corrected chi connectivity index (χ4v) is 21.9. The summed E-state index contributed by atoms with van der Waals surface area (Å²) in [4.78, 5) is 104. The number of thiophene rings is 3. The van der Waals surface area contributed by atoms with Crippen LogP contribution in [0.2, 0.25) is 0 Å². The van der Waals surface area contributed by atoms with E-state index in [0.717, 1.165) is 142 Å². The third kappa shape index (κ3) is 23.6. The highest BCUT2D eigenvalue weighted by Crippen LogP contribution is 2.45. The molecule has 0 aliphatic heterocycles. The summed E-state index contributed by atoms with van der Waals surface area (Å²) < 4.78 is 48.5. The first-order valence-electron chi connectivity index (χ1n) is 40.7. The van der Waals surface area contributed by atoms with Crippen LogP contribution in [0.15, 0.2) is 53.6 Å². The lowest BCUT2D eigenvalue weighted by Gasteiger charge is -2.39. The minimum Gasteiger partial charge on any atom is -0.477 e. The zero-order valence-corrected chi connectivity index (χ0v) is 73.4. The van der Waals surface area contributed by atoms with Crippen molar-refractivity contribution in [3.05, 3.63) is 78.2 Å². The highest BCUT2D eigenvalue weighted by atomic mass is 32.2. The maximum Gasteiger partial charge on any atom is 0.348 e. The molecule has 622 valence electrons. The fourth-order valence-electron chi connectivity index (χ4n) is 16.1. The average molecular weight is 1670 g/mol. The maximum atomic E-state index is 14.1. The molecular formula is C86H115N11O13S5. The number of carbonyl (C=O) groups excluding carboxylic acids is 3. The van der Waals surface area contributed by atoms with Crippen molar-refractivity contribution in [2.75, 3.05) is 14.7 Å². The number of sulfone groups is 1. The number of hydrogen-bond donors (Lipinski definition) is 3. The number of aromatic carboxylic acids is 3. The van der Waals surface area contributed by atoms with Gasteiger partial charge in [-0.05, 0) is 259 Å². The molecule has 6 aliphatic carbocycles. The Bertz CT molecular complexity index is 4760. The lowest BCUT2D eigenvalue weighted by molar-refractivity contribution is -0.125. The van der Waals surface area contributed by atoms with Gasteiger partial charge in [-0.3, -0.25) is 23.6 Å². The summed E-state index contributed by atoms with van der Waals surface area (Å²) in [6.45, 7) is 26.6. The highest BCUT2D eigenvalue weighted by Gasteiger charge is 2.44. The minimum atomic E-state index is -3.67. The second kappa shape index (κ2) is 38.5. The molecule has 0 saturated heterocycles. The van der Waals surface area contributed by atoms with Gasteiger partial charge in [0.1, 0.15) is 33.4 Å². The first-order valence-corrected chi connectivity index (χ1v) is 45.9. The molecular weight excluding hydrogens is 1560 g/mol. The van der Waals surface area contributed by atoms with Gasteiger partial charge in [0.15, 0.2) is 0 Å². The normalized spacial score (nSPS) is 24.2. The number of anilines is 3. The van der Waals surface area contributed by atoms with Crippen LogP contribution in [-0.2, 0) is 49.1 Å². The van der Waals surface area contributed by atoms with Crippen molar-refractivity contribution in [3.8, 4) is 41.4 Å². The first-order chi connectivity index (χ1) is 54.2. The van der Waals surface area contributed by atoms with Gasteiger partial charge in [-0.1, -0.05) is 56.3 Å². The van der Waals surface area contributed by atoms with Crippen molar-refractivity contribution in [2.24, 2.45) is 65.8 Å². The number of carboxylic acid groups (broad SMARTS) is 3. The van der Waals surface area contributed by atoms with Gasteiger partial charge in [0.05, 0.1) is 65.8 Å². The van der Waals surface area contributed by atoms with E-state index in [0.29, 0.717) is 112 Å². The molecule has 12 rings (SSSR count). The smallest absolute Gasteiger partial charge is 0.348 e.